The minimum Gasteiger partial charge on any atom is -0.405 e. The Labute approximate surface area is 134 Å². The summed E-state index contributed by atoms with van der Waals surface area (Å²) < 4.78 is 64.2. The number of halogens is 3. The van der Waals surface area contributed by atoms with E-state index >= 15 is 0 Å². The van der Waals surface area contributed by atoms with Crippen molar-refractivity contribution in [3.05, 3.63) is 29.8 Å². The number of sulfone groups is 1. The van der Waals surface area contributed by atoms with Crippen LogP contribution in [0.4, 0.5) is 13.2 Å². The van der Waals surface area contributed by atoms with Gasteiger partial charge in [0.05, 0.1) is 5.75 Å². The predicted molar refractivity (Wildman–Crippen MR) is 80.8 cm³/mol. The van der Waals surface area contributed by atoms with Gasteiger partial charge in [-0.1, -0.05) is 18.2 Å². The van der Waals surface area contributed by atoms with Gasteiger partial charge in [-0.3, -0.25) is 4.90 Å². The molecule has 4 nitrogen and oxygen atoms in total. The molecule has 1 aliphatic heterocycles. The minimum absolute atomic E-state index is 0.0226. The van der Waals surface area contributed by atoms with Gasteiger partial charge >= 0.3 is 6.36 Å². The molecule has 0 amide bonds. The van der Waals surface area contributed by atoms with Gasteiger partial charge in [0.2, 0.25) is 0 Å². The van der Waals surface area contributed by atoms with Gasteiger partial charge in [0.15, 0.2) is 0 Å². The first-order chi connectivity index (χ1) is 10.6. The standard InChI is InChI=1S/C15H20F3NO3S/c1-23(20,21)11-12-5-4-8-19(9-12)10-13-6-2-3-7-14(13)22-15(16,17)18/h2-3,6-7,12H,4-5,8-11H2,1H3/t12-/m1/s1. The maximum atomic E-state index is 12.4. The first kappa shape index (κ1) is 18.1. The molecule has 1 fully saturated rings. The highest BCUT2D eigenvalue weighted by atomic mass is 32.2. The second-order valence-electron chi connectivity index (χ2n) is 5.99. The topological polar surface area (TPSA) is 46.6 Å². The Morgan fingerprint density at radius 3 is 2.65 bits per heavy atom. The van der Waals surface area contributed by atoms with E-state index < -0.39 is 16.2 Å². The largest absolute Gasteiger partial charge is 0.573 e. The van der Waals surface area contributed by atoms with Gasteiger partial charge in [-0.15, -0.1) is 13.2 Å². The van der Waals surface area contributed by atoms with E-state index in [1.807, 2.05) is 4.90 Å². The van der Waals surface area contributed by atoms with E-state index in [0.29, 0.717) is 18.7 Å². The van der Waals surface area contributed by atoms with E-state index in [9.17, 15) is 21.6 Å². The third kappa shape index (κ3) is 6.39. The molecule has 2 rings (SSSR count). The van der Waals surface area contributed by atoms with E-state index in [1.54, 1.807) is 12.1 Å². The highest BCUT2D eigenvalue weighted by molar-refractivity contribution is 7.90. The van der Waals surface area contributed by atoms with Crippen molar-refractivity contribution in [2.24, 2.45) is 5.92 Å². The zero-order valence-corrected chi connectivity index (χ0v) is 13.7. The van der Waals surface area contributed by atoms with Gasteiger partial charge in [0.25, 0.3) is 0 Å². The molecule has 1 heterocycles. The van der Waals surface area contributed by atoms with Gasteiger partial charge in [-0.05, 0) is 31.4 Å². The molecule has 23 heavy (non-hydrogen) atoms. The van der Waals surface area contributed by atoms with Crippen molar-refractivity contribution in [2.45, 2.75) is 25.7 Å². The summed E-state index contributed by atoms with van der Waals surface area (Å²) in [4.78, 5) is 1.98. The lowest BCUT2D eigenvalue weighted by Crippen LogP contribution is -2.37. The van der Waals surface area contributed by atoms with Crippen molar-refractivity contribution in [3.63, 3.8) is 0 Å². The van der Waals surface area contributed by atoms with Gasteiger partial charge in [-0.25, -0.2) is 8.42 Å². The molecule has 0 radical (unpaired) electrons. The summed E-state index contributed by atoms with van der Waals surface area (Å²) in [6.45, 7) is 1.61. The van der Waals surface area contributed by atoms with Crippen molar-refractivity contribution < 1.29 is 26.3 Å². The van der Waals surface area contributed by atoms with E-state index in [1.165, 1.54) is 18.4 Å². The maximum absolute atomic E-state index is 12.4. The fourth-order valence-electron chi connectivity index (χ4n) is 2.96. The summed E-state index contributed by atoms with van der Waals surface area (Å²) >= 11 is 0. The molecule has 8 heteroatoms. The first-order valence-corrected chi connectivity index (χ1v) is 9.42. The quantitative estimate of drug-likeness (QED) is 0.818. The molecular formula is C15H20F3NO3S. The molecule has 130 valence electrons. The number of para-hydroxylation sites is 1. The number of nitrogens with zero attached hydrogens (tertiary/aromatic N) is 1. The number of rotatable bonds is 5. The van der Waals surface area contributed by atoms with Gasteiger partial charge in [0, 0.05) is 24.9 Å². The fraction of sp³-hybridized carbons (Fsp3) is 0.600. The number of likely N-dealkylation sites (tertiary alicyclic amines) is 1. The highest BCUT2D eigenvalue weighted by Crippen LogP contribution is 2.28. The molecule has 1 aromatic rings. The second-order valence-corrected chi connectivity index (χ2v) is 8.18. The average molecular weight is 351 g/mol. The Kier molecular flexibility index (Phi) is 5.57. The van der Waals surface area contributed by atoms with Crippen LogP contribution in [0.1, 0.15) is 18.4 Å². The first-order valence-electron chi connectivity index (χ1n) is 7.36. The van der Waals surface area contributed by atoms with Crippen LogP contribution in [0.5, 0.6) is 5.75 Å². The Hall–Kier alpha value is -1.28. The molecule has 0 unspecified atom stereocenters. The lowest BCUT2D eigenvalue weighted by atomic mass is 9.99. The molecule has 0 saturated carbocycles. The Morgan fingerprint density at radius 1 is 1.30 bits per heavy atom. The van der Waals surface area contributed by atoms with Crippen LogP contribution in [0.2, 0.25) is 0 Å². The van der Waals surface area contributed by atoms with Crippen molar-refractivity contribution in [2.75, 3.05) is 25.1 Å². The number of alkyl halides is 3. The summed E-state index contributed by atoms with van der Waals surface area (Å²) in [5.41, 5.74) is 0.449. The smallest absolute Gasteiger partial charge is 0.405 e. The summed E-state index contributed by atoms with van der Waals surface area (Å²) in [6.07, 6.45) is -1.86. The van der Waals surface area contributed by atoms with Crippen molar-refractivity contribution in [1.29, 1.82) is 0 Å². The van der Waals surface area contributed by atoms with E-state index in [4.69, 9.17) is 0 Å². The summed E-state index contributed by atoms with van der Waals surface area (Å²) in [5.74, 6) is -0.0656. The van der Waals surface area contributed by atoms with Crippen molar-refractivity contribution in [1.82, 2.24) is 4.90 Å². The van der Waals surface area contributed by atoms with Gasteiger partial charge in [-0.2, -0.15) is 0 Å². The molecule has 0 spiro atoms. The van der Waals surface area contributed by atoms with Gasteiger partial charge < -0.3 is 4.74 Å². The van der Waals surface area contributed by atoms with E-state index in [2.05, 4.69) is 4.74 Å². The zero-order chi connectivity index (χ0) is 17.1. The molecule has 0 aromatic heterocycles. The Morgan fingerprint density at radius 2 is 2.00 bits per heavy atom. The van der Waals surface area contributed by atoms with Gasteiger partial charge in [0.1, 0.15) is 15.6 Å². The average Bonchev–Trinajstić information content (AvgIpc) is 2.38. The number of piperidine rings is 1. The molecule has 1 atom stereocenters. The summed E-state index contributed by atoms with van der Waals surface area (Å²) in [7, 11) is -3.05. The van der Waals surface area contributed by atoms with E-state index in [0.717, 1.165) is 19.4 Å². The summed E-state index contributed by atoms with van der Waals surface area (Å²) in [5, 5.41) is 0. The van der Waals surface area contributed by atoms with Crippen LogP contribution in [0.15, 0.2) is 24.3 Å². The lowest BCUT2D eigenvalue weighted by molar-refractivity contribution is -0.275. The van der Waals surface area contributed by atoms with Crippen LogP contribution in [0.25, 0.3) is 0 Å². The van der Waals surface area contributed by atoms with Crippen LogP contribution in [-0.4, -0.2) is 44.8 Å². The lowest BCUT2D eigenvalue weighted by Gasteiger charge is -2.32. The SMILES string of the molecule is CS(=O)(=O)C[C@@H]1CCCN(Cc2ccccc2OC(F)(F)F)C1. The number of benzene rings is 1. The number of hydrogen-bond donors (Lipinski definition) is 0. The highest BCUT2D eigenvalue weighted by Gasteiger charge is 2.32. The molecule has 0 N–H and O–H groups in total. The third-order valence-corrected chi connectivity index (χ3v) is 4.81. The fourth-order valence-corrected chi connectivity index (χ4v) is 4.09. The molecule has 0 aliphatic carbocycles. The third-order valence-electron chi connectivity index (χ3n) is 3.73. The normalized spacial score (nSPS) is 20.4. The van der Waals surface area contributed by atoms with Crippen LogP contribution in [-0.2, 0) is 16.4 Å². The van der Waals surface area contributed by atoms with Crippen LogP contribution in [0.3, 0.4) is 0 Å². The Balaban J connectivity index is 2.04. The second kappa shape index (κ2) is 7.09. The van der Waals surface area contributed by atoms with Crippen LogP contribution < -0.4 is 4.74 Å². The van der Waals surface area contributed by atoms with Crippen LogP contribution in [0, 0.1) is 5.92 Å². The van der Waals surface area contributed by atoms with Crippen molar-refractivity contribution in [3.8, 4) is 5.75 Å². The Bertz CT molecular complexity index is 631. The van der Waals surface area contributed by atoms with E-state index in [-0.39, 0.29) is 17.4 Å². The molecule has 0 bridgehead atoms. The molecule has 1 saturated heterocycles. The predicted octanol–water partition coefficient (Wildman–Crippen LogP) is 2.84. The molecule has 1 aromatic carbocycles. The summed E-state index contributed by atoms with van der Waals surface area (Å²) in [6, 6.07) is 6.05. The maximum Gasteiger partial charge on any atom is 0.573 e. The monoisotopic (exact) mass is 351 g/mol. The number of hydrogen-bond acceptors (Lipinski definition) is 4. The van der Waals surface area contributed by atoms with Crippen molar-refractivity contribution >= 4 is 9.84 Å². The van der Waals surface area contributed by atoms with Crippen LogP contribution >= 0.6 is 0 Å². The molecule has 1 aliphatic rings. The minimum atomic E-state index is -4.73. The zero-order valence-electron chi connectivity index (χ0n) is 12.8. The number of ether oxygens (including phenoxy) is 1. The molecular weight excluding hydrogens is 331 g/mol.